The van der Waals surface area contributed by atoms with Gasteiger partial charge in [0.25, 0.3) is 0 Å². The number of hydrogen-bond acceptors (Lipinski definition) is 5. The second-order valence-electron chi connectivity index (χ2n) is 3.77. The van der Waals surface area contributed by atoms with Gasteiger partial charge in [0.05, 0.1) is 11.4 Å². The second kappa shape index (κ2) is 3.25. The van der Waals surface area contributed by atoms with E-state index in [1.54, 1.807) is 4.68 Å². The smallest absolute Gasteiger partial charge is 0.170 e. The summed E-state index contributed by atoms with van der Waals surface area (Å²) in [6.45, 7) is 1.91. The molecule has 6 nitrogen and oxygen atoms in total. The Kier molecular flexibility index (Phi) is 1.90. The Hall–Kier alpha value is -1.53. The van der Waals surface area contributed by atoms with Crippen LogP contribution in [0.4, 0.5) is 5.82 Å². The highest BCUT2D eigenvalue weighted by molar-refractivity contribution is 5.47. The molecule has 0 atom stereocenters. The van der Waals surface area contributed by atoms with Gasteiger partial charge in [0, 0.05) is 38.8 Å². The average Bonchev–Trinajstić information content (AvgIpc) is 2.83. The van der Waals surface area contributed by atoms with Crippen molar-refractivity contribution in [2.24, 2.45) is 7.05 Å². The van der Waals surface area contributed by atoms with E-state index in [4.69, 9.17) is 0 Å². The number of nitrogens with zero attached hydrogens (tertiary/aromatic N) is 3. The Morgan fingerprint density at radius 1 is 1.47 bits per heavy atom. The topological polar surface area (TPSA) is 57.1 Å². The van der Waals surface area contributed by atoms with Crippen molar-refractivity contribution in [1.82, 2.24) is 26.1 Å². The van der Waals surface area contributed by atoms with Crippen molar-refractivity contribution in [2.75, 3.05) is 18.1 Å². The molecular weight excluding hydrogens is 192 g/mol. The highest BCUT2D eigenvalue weighted by Gasteiger charge is 2.26. The van der Waals surface area contributed by atoms with E-state index in [1.807, 2.05) is 24.3 Å². The standard InChI is InChI=1S/C9H14N6/c1-14-5-3-9(12-14)15-8-2-4-10-6-7(8)11-13-15/h3,5,10-11,13H,2,4,6H2,1H3. The Balaban J connectivity index is 1.92. The molecule has 2 aliphatic heterocycles. The number of hydrazine groups is 2. The molecule has 1 aromatic rings. The van der Waals surface area contributed by atoms with Crippen molar-refractivity contribution in [2.45, 2.75) is 6.42 Å². The van der Waals surface area contributed by atoms with E-state index in [0.29, 0.717) is 0 Å². The third-order valence-electron chi connectivity index (χ3n) is 2.71. The summed E-state index contributed by atoms with van der Waals surface area (Å²) in [5.41, 5.74) is 8.78. The van der Waals surface area contributed by atoms with Crippen molar-refractivity contribution >= 4 is 5.82 Å². The van der Waals surface area contributed by atoms with Gasteiger partial charge in [0.2, 0.25) is 0 Å². The van der Waals surface area contributed by atoms with Crippen molar-refractivity contribution in [3.05, 3.63) is 23.7 Å². The lowest BCUT2D eigenvalue weighted by molar-refractivity contribution is 0.629. The SMILES string of the molecule is Cn1ccc(N2NNC3=C2CCNC3)n1. The van der Waals surface area contributed by atoms with Crippen molar-refractivity contribution in [1.29, 1.82) is 0 Å². The fourth-order valence-corrected chi connectivity index (χ4v) is 1.94. The zero-order valence-corrected chi connectivity index (χ0v) is 8.62. The van der Waals surface area contributed by atoms with Crippen molar-refractivity contribution in [3.63, 3.8) is 0 Å². The van der Waals surface area contributed by atoms with E-state index in [-0.39, 0.29) is 0 Å². The molecule has 80 valence electrons. The third-order valence-corrected chi connectivity index (χ3v) is 2.71. The molecule has 1 aromatic heterocycles. The van der Waals surface area contributed by atoms with Gasteiger partial charge in [-0.25, -0.2) is 5.01 Å². The third kappa shape index (κ3) is 1.38. The lowest BCUT2D eigenvalue weighted by Gasteiger charge is -2.20. The number of rotatable bonds is 1. The van der Waals surface area contributed by atoms with Gasteiger partial charge >= 0.3 is 0 Å². The molecule has 0 bridgehead atoms. The van der Waals surface area contributed by atoms with Crippen LogP contribution in [0.2, 0.25) is 0 Å². The van der Waals surface area contributed by atoms with Crippen LogP contribution in [0.1, 0.15) is 6.42 Å². The Morgan fingerprint density at radius 2 is 2.40 bits per heavy atom. The fraction of sp³-hybridized carbons (Fsp3) is 0.444. The molecule has 6 heteroatoms. The first-order chi connectivity index (χ1) is 7.34. The normalized spacial score (nSPS) is 20.5. The Bertz CT molecular complexity index is 406. The molecule has 3 rings (SSSR count). The average molecular weight is 206 g/mol. The molecule has 0 aromatic carbocycles. The van der Waals surface area contributed by atoms with E-state index < -0.39 is 0 Å². The highest BCUT2D eigenvalue weighted by Crippen LogP contribution is 2.23. The van der Waals surface area contributed by atoms with Gasteiger partial charge in [-0.2, -0.15) is 5.10 Å². The van der Waals surface area contributed by atoms with E-state index in [0.717, 1.165) is 25.3 Å². The Morgan fingerprint density at radius 3 is 3.20 bits per heavy atom. The second-order valence-corrected chi connectivity index (χ2v) is 3.77. The quantitative estimate of drug-likeness (QED) is 0.576. The highest BCUT2D eigenvalue weighted by atomic mass is 15.7. The van der Waals surface area contributed by atoms with E-state index >= 15 is 0 Å². The first-order valence-corrected chi connectivity index (χ1v) is 5.09. The molecule has 0 saturated carbocycles. The summed E-state index contributed by atoms with van der Waals surface area (Å²) in [5, 5.41) is 9.70. The molecule has 0 spiro atoms. The zero-order valence-electron chi connectivity index (χ0n) is 8.62. The van der Waals surface area contributed by atoms with Crippen LogP contribution in [-0.4, -0.2) is 22.9 Å². The molecule has 0 amide bonds. The van der Waals surface area contributed by atoms with Gasteiger partial charge in [-0.15, -0.1) is 5.53 Å². The van der Waals surface area contributed by atoms with Gasteiger partial charge in [0.1, 0.15) is 0 Å². The summed E-state index contributed by atoms with van der Waals surface area (Å²) in [7, 11) is 1.92. The van der Waals surface area contributed by atoms with Crippen LogP contribution in [0.15, 0.2) is 23.7 Å². The van der Waals surface area contributed by atoms with Gasteiger partial charge in [-0.3, -0.25) is 4.68 Å². The van der Waals surface area contributed by atoms with E-state index in [9.17, 15) is 0 Å². The molecule has 0 radical (unpaired) electrons. The minimum absolute atomic E-state index is 0.895. The first-order valence-electron chi connectivity index (χ1n) is 5.09. The summed E-state index contributed by atoms with van der Waals surface area (Å²) in [6, 6.07) is 1.99. The van der Waals surface area contributed by atoms with Crippen LogP contribution in [0.5, 0.6) is 0 Å². The monoisotopic (exact) mass is 206 g/mol. The number of nitrogens with one attached hydrogen (secondary N) is 3. The first kappa shape index (κ1) is 8.75. The van der Waals surface area contributed by atoms with Crippen molar-refractivity contribution in [3.8, 4) is 0 Å². The van der Waals surface area contributed by atoms with Crippen LogP contribution in [0.25, 0.3) is 0 Å². The van der Waals surface area contributed by atoms with Gasteiger partial charge in [-0.05, 0) is 0 Å². The van der Waals surface area contributed by atoms with Crippen LogP contribution in [-0.2, 0) is 7.05 Å². The predicted molar refractivity (Wildman–Crippen MR) is 56.5 cm³/mol. The Labute approximate surface area is 87.9 Å². The zero-order chi connectivity index (χ0) is 10.3. The fourth-order valence-electron chi connectivity index (χ4n) is 1.94. The van der Waals surface area contributed by atoms with Gasteiger partial charge in [0.15, 0.2) is 5.82 Å². The lowest BCUT2D eigenvalue weighted by atomic mass is 10.2. The van der Waals surface area contributed by atoms with Crippen LogP contribution < -0.4 is 21.3 Å². The largest absolute Gasteiger partial charge is 0.311 e. The molecule has 0 saturated heterocycles. The molecule has 2 aliphatic rings. The maximum atomic E-state index is 4.37. The van der Waals surface area contributed by atoms with Crippen LogP contribution >= 0.6 is 0 Å². The van der Waals surface area contributed by atoms with E-state index in [1.165, 1.54) is 11.4 Å². The maximum Gasteiger partial charge on any atom is 0.170 e. The summed E-state index contributed by atoms with van der Waals surface area (Å²) in [6.07, 6.45) is 2.96. The predicted octanol–water partition coefficient (Wildman–Crippen LogP) is -0.546. The van der Waals surface area contributed by atoms with Crippen molar-refractivity contribution < 1.29 is 0 Å². The molecule has 0 unspecified atom stereocenters. The summed E-state index contributed by atoms with van der Waals surface area (Å²) < 4.78 is 1.80. The lowest BCUT2D eigenvalue weighted by Crippen LogP contribution is -2.38. The van der Waals surface area contributed by atoms with E-state index in [2.05, 4.69) is 21.4 Å². The minimum Gasteiger partial charge on any atom is -0.311 e. The molecule has 3 N–H and O–H groups in total. The molecule has 0 aliphatic carbocycles. The number of aromatic nitrogens is 2. The number of aryl methyl sites for hydroxylation is 1. The summed E-state index contributed by atoms with van der Waals surface area (Å²) in [5.74, 6) is 0.928. The minimum atomic E-state index is 0.895. The number of anilines is 1. The molecular formula is C9H14N6. The molecule has 0 fully saturated rings. The van der Waals surface area contributed by atoms with Gasteiger partial charge in [-0.1, -0.05) is 0 Å². The molecule has 15 heavy (non-hydrogen) atoms. The summed E-state index contributed by atoms with van der Waals surface area (Å²) >= 11 is 0. The number of hydrogen-bond donors (Lipinski definition) is 3. The van der Waals surface area contributed by atoms with Gasteiger partial charge < -0.3 is 10.7 Å². The van der Waals surface area contributed by atoms with Crippen LogP contribution in [0, 0.1) is 0 Å². The van der Waals surface area contributed by atoms with Crippen LogP contribution in [0.3, 0.4) is 0 Å². The maximum absolute atomic E-state index is 4.37. The molecule has 3 heterocycles. The summed E-state index contributed by atoms with van der Waals surface area (Å²) in [4.78, 5) is 0.